The fraction of sp³-hybridized carbons (Fsp3) is 0.857. The van der Waals surface area contributed by atoms with Gasteiger partial charge in [0.2, 0.25) is 0 Å². The molecular weight excluding hydrogens is 180 g/mol. The molecule has 5 heteroatoms. The molecule has 0 heterocycles. The highest BCUT2D eigenvalue weighted by molar-refractivity contribution is 8.01. The first kappa shape index (κ1) is 11.7. The van der Waals surface area contributed by atoms with Crippen LogP contribution in [0.4, 0.5) is 0 Å². The van der Waals surface area contributed by atoms with Gasteiger partial charge in [0, 0.05) is 5.75 Å². The monoisotopic (exact) mass is 194 g/mol. The van der Waals surface area contributed by atoms with Gasteiger partial charge >= 0.3 is 5.97 Å². The van der Waals surface area contributed by atoms with E-state index < -0.39 is 16.8 Å². The van der Waals surface area contributed by atoms with Crippen LogP contribution >= 0.6 is 11.8 Å². The standard InChI is InChI=1S/C7H14O4S/c1-7(2,6(10)11)12-4-5(9)3-8/h5,8-9H,3-4H2,1-2H3,(H,10,11). The van der Waals surface area contributed by atoms with Crippen LogP contribution in [0.5, 0.6) is 0 Å². The molecule has 0 fully saturated rings. The normalized spacial score (nSPS) is 14.3. The third kappa shape index (κ3) is 3.94. The average molecular weight is 194 g/mol. The second kappa shape index (κ2) is 4.69. The van der Waals surface area contributed by atoms with Crippen molar-refractivity contribution in [3.05, 3.63) is 0 Å². The summed E-state index contributed by atoms with van der Waals surface area (Å²) in [5.74, 6) is -0.687. The minimum absolute atomic E-state index is 0.232. The Hall–Kier alpha value is -0.260. The van der Waals surface area contributed by atoms with Gasteiger partial charge in [-0.2, -0.15) is 0 Å². The Morgan fingerprint density at radius 3 is 2.42 bits per heavy atom. The number of carboxylic acid groups (broad SMARTS) is 1. The number of rotatable bonds is 5. The Labute approximate surface area is 75.6 Å². The quantitative estimate of drug-likeness (QED) is 0.571. The van der Waals surface area contributed by atoms with E-state index in [1.807, 2.05) is 0 Å². The van der Waals surface area contributed by atoms with Crippen molar-refractivity contribution in [2.45, 2.75) is 24.7 Å². The number of carboxylic acids is 1. The van der Waals surface area contributed by atoms with Gasteiger partial charge in [0.1, 0.15) is 4.75 Å². The van der Waals surface area contributed by atoms with Crippen molar-refractivity contribution in [3.8, 4) is 0 Å². The van der Waals surface area contributed by atoms with Crippen molar-refractivity contribution in [1.82, 2.24) is 0 Å². The summed E-state index contributed by atoms with van der Waals surface area (Å²) in [6, 6.07) is 0. The zero-order valence-corrected chi connectivity index (χ0v) is 7.97. The van der Waals surface area contributed by atoms with E-state index in [1.165, 1.54) is 0 Å². The maximum absolute atomic E-state index is 10.6. The van der Waals surface area contributed by atoms with Crippen LogP contribution in [0.2, 0.25) is 0 Å². The van der Waals surface area contributed by atoms with Gasteiger partial charge < -0.3 is 15.3 Å². The molecule has 0 aliphatic carbocycles. The summed E-state index contributed by atoms with van der Waals surface area (Å²) in [5.41, 5.74) is 0. The second-order valence-electron chi connectivity index (χ2n) is 2.96. The zero-order valence-electron chi connectivity index (χ0n) is 7.15. The lowest BCUT2D eigenvalue weighted by molar-refractivity contribution is -0.138. The van der Waals surface area contributed by atoms with Gasteiger partial charge in [-0.05, 0) is 13.8 Å². The van der Waals surface area contributed by atoms with Crippen LogP contribution < -0.4 is 0 Å². The number of aliphatic hydroxyl groups excluding tert-OH is 2. The van der Waals surface area contributed by atoms with Gasteiger partial charge in [0.05, 0.1) is 12.7 Å². The zero-order chi connectivity index (χ0) is 9.78. The molecule has 3 N–H and O–H groups in total. The summed E-state index contributed by atoms with van der Waals surface area (Å²) in [7, 11) is 0. The first-order valence-corrected chi connectivity index (χ1v) is 4.55. The number of hydrogen-bond acceptors (Lipinski definition) is 4. The van der Waals surface area contributed by atoms with Gasteiger partial charge in [-0.3, -0.25) is 4.79 Å². The molecule has 0 aliphatic heterocycles. The molecule has 72 valence electrons. The summed E-state index contributed by atoms with van der Waals surface area (Å²) in [6.45, 7) is 2.79. The summed E-state index contributed by atoms with van der Waals surface area (Å²) in [4.78, 5) is 10.6. The lowest BCUT2D eigenvalue weighted by atomic mass is 10.2. The Morgan fingerprint density at radius 2 is 2.08 bits per heavy atom. The van der Waals surface area contributed by atoms with Crippen LogP contribution in [0.25, 0.3) is 0 Å². The molecule has 1 atom stereocenters. The molecule has 1 unspecified atom stereocenters. The van der Waals surface area contributed by atoms with Crippen LogP contribution in [-0.2, 0) is 4.79 Å². The number of carbonyl (C=O) groups is 1. The average Bonchev–Trinajstić information content (AvgIpc) is 2.00. The molecule has 0 radical (unpaired) electrons. The predicted molar refractivity (Wildman–Crippen MR) is 47.3 cm³/mol. The Morgan fingerprint density at radius 1 is 1.58 bits per heavy atom. The highest BCUT2D eigenvalue weighted by Gasteiger charge is 2.28. The van der Waals surface area contributed by atoms with Gasteiger partial charge in [-0.15, -0.1) is 11.8 Å². The Kier molecular flexibility index (Phi) is 4.59. The molecule has 0 aromatic heterocycles. The summed E-state index contributed by atoms with van der Waals surface area (Å²) >= 11 is 1.11. The van der Waals surface area contributed by atoms with Gasteiger partial charge in [-0.25, -0.2) is 0 Å². The summed E-state index contributed by atoms with van der Waals surface area (Å²) in [6.07, 6.45) is -0.839. The largest absolute Gasteiger partial charge is 0.480 e. The topological polar surface area (TPSA) is 77.8 Å². The predicted octanol–water partition coefficient (Wildman–Crippen LogP) is -0.0640. The molecule has 0 bridgehead atoms. The molecule has 4 nitrogen and oxygen atoms in total. The van der Waals surface area contributed by atoms with E-state index in [1.54, 1.807) is 13.8 Å². The molecule has 0 aromatic carbocycles. The fourth-order valence-corrected chi connectivity index (χ4v) is 1.26. The van der Waals surface area contributed by atoms with Crippen LogP contribution in [0.15, 0.2) is 0 Å². The van der Waals surface area contributed by atoms with Crippen molar-refractivity contribution < 1.29 is 20.1 Å². The Bertz CT molecular complexity index is 157. The molecule has 0 spiro atoms. The van der Waals surface area contributed by atoms with E-state index in [-0.39, 0.29) is 12.4 Å². The summed E-state index contributed by atoms with van der Waals surface area (Å²) in [5, 5.41) is 26.1. The second-order valence-corrected chi connectivity index (χ2v) is 4.61. The van der Waals surface area contributed by atoms with Crippen molar-refractivity contribution in [1.29, 1.82) is 0 Å². The van der Waals surface area contributed by atoms with E-state index in [9.17, 15) is 4.79 Å². The van der Waals surface area contributed by atoms with Crippen LogP contribution in [0.3, 0.4) is 0 Å². The third-order valence-corrected chi connectivity index (χ3v) is 2.81. The van der Waals surface area contributed by atoms with Gasteiger partial charge in [-0.1, -0.05) is 0 Å². The number of hydrogen-bond donors (Lipinski definition) is 3. The first-order chi connectivity index (χ1) is 5.40. The Balaban J connectivity index is 3.83. The van der Waals surface area contributed by atoms with Crippen LogP contribution in [0.1, 0.15) is 13.8 Å². The maximum Gasteiger partial charge on any atom is 0.319 e. The molecular formula is C7H14O4S. The fourth-order valence-electron chi connectivity index (χ4n) is 0.419. The smallest absolute Gasteiger partial charge is 0.319 e. The van der Waals surface area contributed by atoms with Gasteiger partial charge in [0.25, 0.3) is 0 Å². The highest BCUT2D eigenvalue weighted by Crippen LogP contribution is 2.24. The van der Waals surface area contributed by atoms with E-state index in [2.05, 4.69) is 0 Å². The molecule has 0 aliphatic rings. The molecule has 0 aromatic rings. The van der Waals surface area contributed by atoms with E-state index in [0.717, 1.165) is 11.8 Å². The van der Waals surface area contributed by atoms with E-state index >= 15 is 0 Å². The number of thioether (sulfide) groups is 1. The van der Waals surface area contributed by atoms with Crippen molar-refractivity contribution in [2.24, 2.45) is 0 Å². The van der Waals surface area contributed by atoms with Crippen molar-refractivity contribution in [2.75, 3.05) is 12.4 Å². The highest BCUT2D eigenvalue weighted by atomic mass is 32.2. The van der Waals surface area contributed by atoms with E-state index in [4.69, 9.17) is 15.3 Å². The first-order valence-electron chi connectivity index (χ1n) is 3.56. The maximum atomic E-state index is 10.6. The number of aliphatic hydroxyl groups is 2. The van der Waals surface area contributed by atoms with Gasteiger partial charge in [0.15, 0.2) is 0 Å². The molecule has 12 heavy (non-hydrogen) atoms. The van der Waals surface area contributed by atoms with Crippen molar-refractivity contribution >= 4 is 17.7 Å². The van der Waals surface area contributed by atoms with E-state index in [0.29, 0.717) is 0 Å². The van der Waals surface area contributed by atoms with Crippen LogP contribution in [0, 0.1) is 0 Å². The third-order valence-electron chi connectivity index (χ3n) is 1.36. The van der Waals surface area contributed by atoms with Crippen molar-refractivity contribution in [3.63, 3.8) is 0 Å². The molecule has 0 rings (SSSR count). The molecule has 0 saturated heterocycles. The minimum atomic E-state index is -0.919. The molecule has 0 amide bonds. The summed E-state index contributed by atoms with van der Waals surface area (Å²) < 4.78 is -0.907. The SMILES string of the molecule is CC(C)(SCC(O)CO)C(=O)O. The lowest BCUT2D eigenvalue weighted by Gasteiger charge is -2.19. The minimum Gasteiger partial charge on any atom is -0.480 e. The molecule has 0 saturated carbocycles. The van der Waals surface area contributed by atoms with Crippen LogP contribution in [-0.4, -0.2) is 44.5 Å². The number of aliphatic carboxylic acids is 1. The lowest BCUT2D eigenvalue weighted by Crippen LogP contribution is -2.30.